The maximum Gasteiger partial charge on any atom is 0.264 e. The highest BCUT2D eigenvalue weighted by atomic mass is 19.1. The molecule has 0 spiro atoms. The lowest BCUT2D eigenvalue weighted by Crippen LogP contribution is -2.54. The van der Waals surface area contributed by atoms with Crippen LogP contribution in [-0.2, 0) is 41.6 Å². The van der Waals surface area contributed by atoms with Crippen molar-refractivity contribution >= 4 is 64.1 Å². The van der Waals surface area contributed by atoms with E-state index in [0.29, 0.717) is 94.1 Å². The average Bonchev–Trinajstić information content (AvgIpc) is 3.85. The molecule has 2 aromatic heterocycles. The van der Waals surface area contributed by atoms with E-state index in [4.69, 9.17) is 18.9 Å². The Bertz CT molecular complexity index is 2490. The number of fused-ring (bicyclic) bond motifs is 1. The second kappa shape index (κ2) is 22.3. The van der Waals surface area contributed by atoms with Crippen LogP contribution < -0.4 is 31.3 Å². The van der Waals surface area contributed by atoms with Crippen LogP contribution in [0.3, 0.4) is 0 Å². The van der Waals surface area contributed by atoms with Gasteiger partial charge in [0.1, 0.15) is 18.4 Å². The Morgan fingerprint density at radius 3 is 2.51 bits per heavy atom. The summed E-state index contributed by atoms with van der Waals surface area (Å²) in [5, 5.41) is 22.6. The molecule has 0 aliphatic carbocycles. The van der Waals surface area contributed by atoms with Crippen molar-refractivity contribution in [2.24, 2.45) is 0 Å². The van der Waals surface area contributed by atoms with Crippen molar-refractivity contribution in [3.05, 3.63) is 102 Å². The smallest absolute Gasteiger partial charge is 0.264 e. The highest BCUT2D eigenvalue weighted by Crippen LogP contribution is 2.32. The number of imide groups is 2. The molecule has 65 heavy (non-hydrogen) atoms. The van der Waals surface area contributed by atoms with E-state index in [1.807, 2.05) is 6.20 Å². The summed E-state index contributed by atoms with van der Waals surface area (Å²) in [5.74, 6) is -2.26. The van der Waals surface area contributed by atoms with Gasteiger partial charge in [-0.3, -0.25) is 34.2 Å². The van der Waals surface area contributed by atoms with Crippen LogP contribution >= 0.6 is 0 Å². The van der Waals surface area contributed by atoms with Crippen LogP contribution in [0.25, 0.3) is 0 Å². The maximum absolute atomic E-state index is 14.7. The van der Waals surface area contributed by atoms with Crippen LogP contribution in [0.15, 0.2) is 79.1 Å². The molecule has 7 rings (SSSR count). The number of amides is 5. The Morgan fingerprint density at radius 2 is 1.69 bits per heavy atom. The van der Waals surface area contributed by atoms with E-state index in [-0.39, 0.29) is 48.1 Å². The number of nitrogens with zero attached hydrogens (tertiary/aromatic N) is 6. The Morgan fingerprint density at radius 1 is 0.892 bits per heavy atom. The summed E-state index contributed by atoms with van der Waals surface area (Å²) >= 11 is 0. The van der Waals surface area contributed by atoms with Crippen molar-refractivity contribution in [3.8, 4) is 5.75 Å². The minimum Gasteiger partial charge on any atom is -0.491 e. The molecule has 5 amide bonds. The molecule has 20 nitrogen and oxygen atoms in total. The van der Waals surface area contributed by atoms with E-state index in [9.17, 15) is 28.4 Å². The fourth-order valence-electron chi connectivity index (χ4n) is 6.95. The Kier molecular flexibility index (Phi) is 15.7. The zero-order valence-corrected chi connectivity index (χ0v) is 35.5. The molecule has 340 valence electrons. The van der Waals surface area contributed by atoms with Gasteiger partial charge in [0.15, 0.2) is 11.6 Å². The first-order valence-electron chi connectivity index (χ1n) is 21.0. The number of rotatable bonds is 24. The highest BCUT2D eigenvalue weighted by Gasteiger charge is 2.45. The monoisotopic (exact) mass is 893 g/mol. The molecule has 1 saturated heterocycles. The summed E-state index contributed by atoms with van der Waals surface area (Å²) in [6.07, 6.45) is 4.34. The number of aromatic nitrogens is 5. The zero-order chi connectivity index (χ0) is 45.5. The topological polar surface area (TPSA) is 242 Å². The predicted octanol–water partition coefficient (Wildman–Crippen LogP) is 4.23. The molecule has 5 N–H and O–H groups in total. The van der Waals surface area contributed by atoms with Crippen molar-refractivity contribution in [2.45, 2.75) is 44.7 Å². The molecule has 1 unspecified atom stereocenters. The van der Waals surface area contributed by atoms with E-state index in [0.717, 1.165) is 16.8 Å². The molecule has 4 heterocycles. The number of hydrogen-bond acceptors (Lipinski definition) is 16. The summed E-state index contributed by atoms with van der Waals surface area (Å²) in [5.41, 5.74) is 3.31. The van der Waals surface area contributed by atoms with Gasteiger partial charge in [-0.1, -0.05) is 17.3 Å². The largest absolute Gasteiger partial charge is 0.491 e. The van der Waals surface area contributed by atoms with E-state index >= 15 is 0 Å². The average molecular weight is 894 g/mol. The van der Waals surface area contributed by atoms with Gasteiger partial charge >= 0.3 is 0 Å². The number of aryl methyl sites for hydroxylation is 1. The molecule has 1 atom stereocenters. The van der Waals surface area contributed by atoms with Crippen LogP contribution in [0, 0.1) is 5.82 Å². The molecule has 0 radical (unpaired) electrons. The Balaban J connectivity index is 0.755. The van der Waals surface area contributed by atoms with Gasteiger partial charge in [0.2, 0.25) is 23.7 Å². The first-order valence-corrected chi connectivity index (χ1v) is 21.0. The number of carbonyl (C=O) groups excluding carboxylic acids is 5. The number of benzene rings is 3. The van der Waals surface area contributed by atoms with E-state index in [2.05, 4.69) is 46.9 Å². The van der Waals surface area contributed by atoms with Gasteiger partial charge in [0, 0.05) is 55.4 Å². The van der Waals surface area contributed by atoms with Crippen molar-refractivity contribution in [1.29, 1.82) is 0 Å². The number of piperidine rings is 1. The van der Waals surface area contributed by atoms with E-state index in [1.165, 1.54) is 6.07 Å². The summed E-state index contributed by atoms with van der Waals surface area (Å²) in [4.78, 5) is 72.3. The van der Waals surface area contributed by atoms with Crippen LogP contribution in [0.4, 0.5) is 38.9 Å². The zero-order valence-electron chi connectivity index (χ0n) is 35.5. The lowest BCUT2D eigenvalue weighted by atomic mass is 10.0. The molecule has 5 aromatic rings. The second-order valence-corrected chi connectivity index (χ2v) is 14.8. The molecule has 2 aliphatic heterocycles. The number of anilines is 6. The number of nitrogens with one attached hydrogen (secondary N) is 5. The van der Waals surface area contributed by atoms with Crippen LogP contribution in [0.5, 0.6) is 5.75 Å². The van der Waals surface area contributed by atoms with Crippen molar-refractivity contribution in [1.82, 2.24) is 35.2 Å². The van der Waals surface area contributed by atoms with Gasteiger partial charge < -0.3 is 40.2 Å². The minimum absolute atomic E-state index is 0.0432. The van der Waals surface area contributed by atoms with Gasteiger partial charge in [0.25, 0.3) is 11.8 Å². The Labute approximate surface area is 372 Å². The first-order chi connectivity index (χ1) is 31.6. The van der Waals surface area contributed by atoms with Gasteiger partial charge in [-0.2, -0.15) is 4.98 Å². The quantitative estimate of drug-likeness (QED) is 0.0430. The summed E-state index contributed by atoms with van der Waals surface area (Å²) in [6.45, 7) is 3.06. The molecule has 0 saturated carbocycles. The molecule has 3 aromatic carbocycles. The first kappa shape index (κ1) is 45.7. The predicted molar refractivity (Wildman–Crippen MR) is 234 cm³/mol. The maximum atomic E-state index is 14.7. The van der Waals surface area contributed by atoms with Gasteiger partial charge in [-0.05, 0) is 73.9 Å². The fourth-order valence-corrected chi connectivity index (χ4v) is 6.95. The van der Waals surface area contributed by atoms with Gasteiger partial charge in [-0.25, -0.2) is 14.1 Å². The number of methoxy groups -OCH3 is 1. The molecule has 21 heteroatoms. The van der Waals surface area contributed by atoms with Gasteiger partial charge in [0.05, 0.1) is 62.6 Å². The van der Waals surface area contributed by atoms with E-state index < -0.39 is 35.5 Å². The van der Waals surface area contributed by atoms with Crippen LogP contribution in [0.2, 0.25) is 0 Å². The SMILES string of the molecule is COCCOc1ccc(Nc2ncc(F)c(Nc3cccc(NC(=O)CCCc4cn(CCOCCOCCNc5cccc6c5C(=O)N(C5CCC(=O)NC5=O)C6=O)nn4)c3)n2)cc1. The number of halogens is 1. The standard InChI is InChI=1S/C44H48FN11O9/c1-62-21-24-65-32-13-11-28(12-14-32)50-44-47-26-34(45)40(52-44)49-30-6-2-5-29(25-30)48-37(57)10-3-7-31-27-55(54-53-31)18-20-64-23-22-63-19-17-46-35-9-4-8-33-39(35)43(61)56(42(33)60)36-15-16-38(58)51-41(36)59/h2,4-6,8-9,11-14,25-27,36,46H,3,7,10,15-24H2,1H3,(H,48,57)(H,51,58,59)(H2,47,49,50,52). The van der Waals surface area contributed by atoms with Gasteiger partial charge in [-0.15, -0.1) is 5.10 Å². The molecular formula is C44H48FN11O9. The van der Waals surface area contributed by atoms with Crippen molar-refractivity contribution in [3.63, 3.8) is 0 Å². The molecular weight excluding hydrogens is 846 g/mol. The van der Waals surface area contributed by atoms with E-state index in [1.54, 1.807) is 72.5 Å². The fraction of sp³-hybridized carbons (Fsp3) is 0.341. The lowest BCUT2D eigenvalue weighted by molar-refractivity contribution is -0.136. The van der Waals surface area contributed by atoms with Crippen LogP contribution in [0.1, 0.15) is 52.1 Å². The third kappa shape index (κ3) is 12.4. The molecule has 1 fully saturated rings. The lowest BCUT2D eigenvalue weighted by Gasteiger charge is -2.27. The highest BCUT2D eigenvalue weighted by molar-refractivity contribution is 6.25. The number of carbonyl (C=O) groups is 5. The van der Waals surface area contributed by atoms with Crippen molar-refractivity contribution in [2.75, 3.05) is 74.6 Å². The summed E-state index contributed by atoms with van der Waals surface area (Å²) < 4.78 is 38.3. The molecule has 0 bridgehead atoms. The molecule has 2 aliphatic rings. The summed E-state index contributed by atoms with van der Waals surface area (Å²) in [6, 6.07) is 17.9. The van der Waals surface area contributed by atoms with Crippen molar-refractivity contribution < 1.29 is 47.3 Å². The second-order valence-electron chi connectivity index (χ2n) is 14.8. The number of ether oxygens (including phenoxy) is 4. The minimum atomic E-state index is -1.03. The normalized spacial score (nSPS) is 14.6. The Hall–Kier alpha value is -7.36. The number of hydrogen-bond donors (Lipinski definition) is 5. The third-order valence-corrected chi connectivity index (χ3v) is 10.1. The van der Waals surface area contributed by atoms with Crippen LogP contribution in [-0.4, -0.2) is 119 Å². The summed E-state index contributed by atoms with van der Waals surface area (Å²) in [7, 11) is 1.60. The third-order valence-electron chi connectivity index (χ3n) is 10.1.